The number of hydrogen-bond acceptors (Lipinski definition) is 5. The van der Waals surface area contributed by atoms with Crippen molar-refractivity contribution in [1.82, 2.24) is 9.97 Å². The van der Waals surface area contributed by atoms with E-state index in [1.54, 1.807) is 12.1 Å². The molecule has 0 fully saturated rings. The zero-order valence-corrected chi connectivity index (χ0v) is 11.0. The lowest BCUT2D eigenvalue weighted by atomic mass is 10.2. The van der Waals surface area contributed by atoms with Gasteiger partial charge < -0.3 is 19.6 Å². The molecule has 2 N–H and O–H groups in total. The van der Waals surface area contributed by atoms with Crippen molar-refractivity contribution in [2.75, 3.05) is 14.2 Å². The lowest BCUT2D eigenvalue weighted by Crippen LogP contribution is -2.07. The summed E-state index contributed by atoms with van der Waals surface area (Å²) in [5, 5.41) is 9.58. The Labute approximate surface area is 113 Å². The van der Waals surface area contributed by atoms with Gasteiger partial charge in [-0.25, -0.2) is 0 Å². The molecule has 6 nitrogen and oxygen atoms in total. The molecule has 1 aromatic heterocycles. The van der Waals surface area contributed by atoms with E-state index in [-0.39, 0.29) is 16.7 Å². The third kappa shape index (κ3) is 2.48. The van der Waals surface area contributed by atoms with Crippen molar-refractivity contribution in [2.45, 2.75) is 0 Å². The Morgan fingerprint density at radius 2 is 2.05 bits per heavy atom. The van der Waals surface area contributed by atoms with Gasteiger partial charge in [-0.3, -0.25) is 4.79 Å². The smallest absolute Gasteiger partial charge is 0.254 e. The fourth-order valence-corrected chi connectivity index (χ4v) is 1.97. The van der Waals surface area contributed by atoms with Gasteiger partial charge in [-0.1, -0.05) is 11.6 Å². The van der Waals surface area contributed by atoms with Crippen LogP contribution in [-0.2, 0) is 0 Å². The van der Waals surface area contributed by atoms with Crippen LogP contribution in [0, 0.1) is 0 Å². The lowest BCUT2D eigenvalue weighted by molar-refractivity contribution is 0.355. The summed E-state index contributed by atoms with van der Waals surface area (Å²) in [4.78, 5) is 17.6. The molecule has 2 aromatic rings. The molecule has 7 heteroatoms. The molecule has 0 saturated heterocycles. The summed E-state index contributed by atoms with van der Waals surface area (Å²) in [6.45, 7) is 0. The molecule has 0 atom stereocenters. The van der Waals surface area contributed by atoms with Crippen molar-refractivity contribution in [3.8, 4) is 28.8 Å². The van der Waals surface area contributed by atoms with Gasteiger partial charge in [-0.05, 0) is 12.1 Å². The standard InChI is InChI=1S/C12H11ClN2O4/c1-18-7-4-3-6(10(13)11(7)19-2)12-14-8(16)5-9(17)15-12/h3-5H,1-2H3,(H2,14,15,16,17). The number of nitrogens with zero attached hydrogens (tertiary/aromatic N) is 1. The Morgan fingerprint density at radius 1 is 1.32 bits per heavy atom. The summed E-state index contributed by atoms with van der Waals surface area (Å²) in [5.41, 5.74) is -0.0549. The Bertz CT molecular complexity index is 669. The van der Waals surface area contributed by atoms with Crippen molar-refractivity contribution >= 4 is 11.6 Å². The van der Waals surface area contributed by atoms with Gasteiger partial charge in [0.1, 0.15) is 5.82 Å². The second-order valence-electron chi connectivity index (χ2n) is 3.61. The Hall–Kier alpha value is -2.21. The van der Waals surface area contributed by atoms with Crippen LogP contribution < -0.4 is 15.0 Å². The number of benzene rings is 1. The SMILES string of the molecule is COc1ccc(-c2nc(O)cc(=O)[nH]2)c(Cl)c1OC. The molecule has 1 aromatic carbocycles. The van der Waals surface area contributed by atoms with Crippen molar-refractivity contribution in [3.05, 3.63) is 33.6 Å². The number of hydrogen-bond donors (Lipinski definition) is 2. The summed E-state index contributed by atoms with van der Waals surface area (Å²) < 4.78 is 10.3. The summed E-state index contributed by atoms with van der Waals surface area (Å²) in [6, 6.07) is 4.21. The summed E-state index contributed by atoms with van der Waals surface area (Å²) in [6.07, 6.45) is 0. The van der Waals surface area contributed by atoms with Gasteiger partial charge >= 0.3 is 0 Å². The van der Waals surface area contributed by atoms with Crippen molar-refractivity contribution in [2.24, 2.45) is 0 Å². The van der Waals surface area contributed by atoms with E-state index in [9.17, 15) is 9.90 Å². The van der Waals surface area contributed by atoms with Gasteiger partial charge in [0, 0.05) is 5.56 Å². The number of ether oxygens (including phenoxy) is 2. The first-order valence-electron chi connectivity index (χ1n) is 5.28. The molecule has 0 aliphatic heterocycles. The number of nitrogens with one attached hydrogen (secondary N) is 1. The molecule has 0 radical (unpaired) electrons. The van der Waals surface area contributed by atoms with Crippen LogP contribution in [-0.4, -0.2) is 29.3 Å². The highest BCUT2D eigenvalue weighted by Crippen LogP contribution is 2.40. The minimum atomic E-state index is -0.478. The molecule has 0 aliphatic carbocycles. The van der Waals surface area contributed by atoms with Gasteiger partial charge in [0.05, 0.1) is 25.3 Å². The van der Waals surface area contributed by atoms with Gasteiger partial charge in [0.15, 0.2) is 11.5 Å². The molecule has 0 aliphatic rings. The van der Waals surface area contributed by atoms with E-state index in [1.165, 1.54) is 14.2 Å². The van der Waals surface area contributed by atoms with Gasteiger partial charge in [-0.2, -0.15) is 4.98 Å². The Morgan fingerprint density at radius 3 is 2.63 bits per heavy atom. The molecule has 0 saturated carbocycles. The monoisotopic (exact) mass is 282 g/mol. The minimum absolute atomic E-state index is 0.149. The van der Waals surface area contributed by atoms with Crippen molar-refractivity contribution < 1.29 is 14.6 Å². The first-order chi connectivity index (χ1) is 9.06. The van der Waals surface area contributed by atoms with Gasteiger partial charge in [0.25, 0.3) is 5.56 Å². The van der Waals surface area contributed by atoms with E-state index in [4.69, 9.17) is 21.1 Å². The van der Waals surface area contributed by atoms with E-state index in [2.05, 4.69) is 9.97 Å². The van der Waals surface area contributed by atoms with Crippen LogP contribution in [0.5, 0.6) is 17.4 Å². The highest BCUT2D eigenvalue weighted by Gasteiger charge is 2.16. The molecule has 0 unspecified atom stereocenters. The second-order valence-corrected chi connectivity index (χ2v) is 3.99. The largest absolute Gasteiger partial charge is 0.493 e. The van der Waals surface area contributed by atoms with Crippen LogP contribution in [0.4, 0.5) is 0 Å². The van der Waals surface area contributed by atoms with Crippen LogP contribution >= 0.6 is 11.6 Å². The normalized spacial score (nSPS) is 10.3. The number of aromatic amines is 1. The zero-order chi connectivity index (χ0) is 14.0. The average Bonchev–Trinajstić information content (AvgIpc) is 2.36. The maximum atomic E-state index is 11.3. The van der Waals surface area contributed by atoms with Crippen LogP contribution in [0.15, 0.2) is 23.0 Å². The molecule has 19 heavy (non-hydrogen) atoms. The molecular formula is C12H11ClN2O4. The highest BCUT2D eigenvalue weighted by atomic mass is 35.5. The van der Waals surface area contributed by atoms with E-state index in [1.807, 2.05) is 0 Å². The molecule has 1 heterocycles. The van der Waals surface area contributed by atoms with Crippen molar-refractivity contribution in [3.63, 3.8) is 0 Å². The predicted molar refractivity (Wildman–Crippen MR) is 70.1 cm³/mol. The van der Waals surface area contributed by atoms with E-state index in [0.717, 1.165) is 6.07 Å². The first-order valence-corrected chi connectivity index (χ1v) is 5.65. The average molecular weight is 283 g/mol. The quantitative estimate of drug-likeness (QED) is 0.897. The molecule has 100 valence electrons. The van der Waals surface area contributed by atoms with Crippen LogP contribution in [0.1, 0.15) is 0 Å². The molecule has 2 rings (SSSR count). The van der Waals surface area contributed by atoms with Crippen molar-refractivity contribution in [1.29, 1.82) is 0 Å². The Balaban J connectivity index is 2.66. The van der Waals surface area contributed by atoms with E-state index in [0.29, 0.717) is 17.1 Å². The third-order valence-electron chi connectivity index (χ3n) is 2.47. The third-order valence-corrected chi connectivity index (χ3v) is 2.84. The van der Waals surface area contributed by atoms with E-state index >= 15 is 0 Å². The summed E-state index contributed by atoms with van der Waals surface area (Å²) in [7, 11) is 2.94. The fraction of sp³-hybridized carbons (Fsp3) is 0.167. The lowest BCUT2D eigenvalue weighted by Gasteiger charge is -2.12. The highest BCUT2D eigenvalue weighted by molar-refractivity contribution is 6.35. The zero-order valence-electron chi connectivity index (χ0n) is 10.2. The number of rotatable bonds is 3. The molecule has 0 spiro atoms. The maximum absolute atomic E-state index is 11.3. The summed E-state index contributed by atoms with van der Waals surface area (Å²) in [5.74, 6) is 0.548. The molecule has 0 amide bonds. The first kappa shape index (κ1) is 13.2. The maximum Gasteiger partial charge on any atom is 0.254 e. The number of methoxy groups -OCH3 is 2. The number of H-pyrrole nitrogens is 1. The van der Waals surface area contributed by atoms with Crippen LogP contribution in [0.2, 0.25) is 5.02 Å². The number of aromatic hydroxyl groups is 1. The summed E-state index contributed by atoms with van der Waals surface area (Å²) >= 11 is 6.18. The number of aromatic nitrogens is 2. The van der Waals surface area contributed by atoms with Crippen LogP contribution in [0.3, 0.4) is 0 Å². The minimum Gasteiger partial charge on any atom is -0.493 e. The Kier molecular flexibility index (Phi) is 3.62. The fourth-order valence-electron chi connectivity index (χ4n) is 1.64. The van der Waals surface area contributed by atoms with Gasteiger partial charge in [0.2, 0.25) is 5.88 Å². The predicted octanol–water partition coefficient (Wildman–Crippen LogP) is 1.81. The topological polar surface area (TPSA) is 84.4 Å². The number of halogens is 1. The van der Waals surface area contributed by atoms with Gasteiger partial charge in [-0.15, -0.1) is 0 Å². The van der Waals surface area contributed by atoms with E-state index < -0.39 is 5.56 Å². The molecular weight excluding hydrogens is 272 g/mol. The second kappa shape index (κ2) is 5.19. The molecule has 0 bridgehead atoms. The van der Waals surface area contributed by atoms with Crippen LogP contribution in [0.25, 0.3) is 11.4 Å².